The van der Waals surface area contributed by atoms with Crippen molar-refractivity contribution in [3.05, 3.63) is 41.7 Å². The van der Waals surface area contributed by atoms with Gasteiger partial charge in [0.1, 0.15) is 24.4 Å². The maximum absolute atomic E-state index is 13.2. The second-order valence-corrected chi connectivity index (χ2v) is 11.5. The summed E-state index contributed by atoms with van der Waals surface area (Å²) in [5.41, 5.74) is 6.41. The van der Waals surface area contributed by atoms with Crippen molar-refractivity contribution in [1.82, 2.24) is 41.6 Å². The van der Waals surface area contributed by atoms with Crippen LogP contribution in [0.2, 0.25) is 0 Å². The Kier molecular flexibility index (Phi) is 21.3. The first-order valence-corrected chi connectivity index (χ1v) is 17.1. The summed E-state index contributed by atoms with van der Waals surface area (Å²) in [5.74, 6) is -2.99. The number of rotatable bonds is 28. The van der Waals surface area contributed by atoms with Crippen LogP contribution in [0.15, 0.2) is 30.5 Å². The van der Waals surface area contributed by atoms with Crippen molar-refractivity contribution in [1.29, 1.82) is 0 Å². The molecule has 1 aromatic heterocycles. The smallest absolute Gasteiger partial charge is 0.245 e. The van der Waals surface area contributed by atoms with Crippen LogP contribution in [0.25, 0.3) is 0 Å². The number of nitrogens with zero attached hydrogens (tertiary/aromatic N) is 3. The zero-order valence-corrected chi connectivity index (χ0v) is 30.1. The van der Waals surface area contributed by atoms with Gasteiger partial charge < -0.3 is 56.4 Å². The van der Waals surface area contributed by atoms with E-state index < -0.39 is 42.1 Å². The van der Waals surface area contributed by atoms with Crippen molar-refractivity contribution in [2.75, 3.05) is 73.5 Å². The minimum Gasteiger partial charge on any atom is -0.508 e. The van der Waals surface area contributed by atoms with Crippen molar-refractivity contribution >= 4 is 35.4 Å². The molecule has 6 amide bonds. The lowest BCUT2D eigenvalue weighted by molar-refractivity contribution is -0.133. The van der Waals surface area contributed by atoms with Crippen LogP contribution in [0.1, 0.15) is 30.5 Å². The molecule has 2 aromatic rings. The molecule has 0 unspecified atom stereocenters. The van der Waals surface area contributed by atoms with Gasteiger partial charge >= 0.3 is 0 Å². The predicted octanol–water partition coefficient (Wildman–Crippen LogP) is -2.93. The maximum atomic E-state index is 13.2. The molecule has 0 radical (unpaired) electrons. The summed E-state index contributed by atoms with van der Waals surface area (Å²) in [6, 6.07) is 3.68. The molecule has 0 aliphatic rings. The summed E-state index contributed by atoms with van der Waals surface area (Å²) in [4.78, 5) is 73.0. The minimum absolute atomic E-state index is 0.00559. The van der Waals surface area contributed by atoms with E-state index in [2.05, 4.69) is 36.9 Å². The molecule has 1 heterocycles. The summed E-state index contributed by atoms with van der Waals surface area (Å²) >= 11 is 0. The number of ether oxygens (including phenoxy) is 4. The number of aryl methyl sites for hydroxylation is 2. The first-order chi connectivity index (χ1) is 25.5. The molecule has 0 aliphatic heterocycles. The van der Waals surface area contributed by atoms with E-state index in [9.17, 15) is 33.9 Å². The van der Waals surface area contributed by atoms with Crippen LogP contribution in [0.3, 0.4) is 0 Å². The van der Waals surface area contributed by atoms with E-state index in [-0.39, 0.29) is 50.0 Å². The fraction of sp³-hybridized carbons (Fsp3) is 0.576. The number of primary amides is 1. The molecule has 2 atom stereocenters. The number of carbonyl (C=O) groups excluding carboxylic acids is 6. The van der Waals surface area contributed by atoms with Gasteiger partial charge in [0.05, 0.1) is 64.9 Å². The minimum atomic E-state index is -1.24. The van der Waals surface area contributed by atoms with Gasteiger partial charge in [-0.05, 0) is 17.7 Å². The molecule has 294 valence electrons. The Morgan fingerprint density at radius 1 is 0.774 bits per heavy atom. The molecule has 2 rings (SSSR count). The van der Waals surface area contributed by atoms with Crippen LogP contribution in [-0.4, -0.2) is 141 Å². The molecule has 0 spiro atoms. The molecule has 0 saturated heterocycles. The van der Waals surface area contributed by atoms with Crippen molar-refractivity contribution in [3.8, 4) is 5.75 Å². The number of benzene rings is 1. The van der Waals surface area contributed by atoms with E-state index in [4.69, 9.17) is 24.7 Å². The first kappa shape index (κ1) is 44.0. The molecular weight excluding hydrogens is 698 g/mol. The fourth-order valence-electron chi connectivity index (χ4n) is 4.47. The summed E-state index contributed by atoms with van der Waals surface area (Å²) in [7, 11) is 2.88. The summed E-state index contributed by atoms with van der Waals surface area (Å²) in [6.07, 6.45) is 1.63. The Hall–Kier alpha value is -5.18. The highest BCUT2D eigenvalue weighted by Crippen LogP contribution is 2.12. The largest absolute Gasteiger partial charge is 0.508 e. The molecule has 0 saturated carbocycles. The van der Waals surface area contributed by atoms with E-state index in [1.54, 1.807) is 18.3 Å². The third-order valence-electron chi connectivity index (χ3n) is 7.27. The Labute approximate surface area is 307 Å². The van der Waals surface area contributed by atoms with Crippen molar-refractivity contribution in [3.63, 3.8) is 0 Å². The lowest BCUT2D eigenvalue weighted by Gasteiger charge is -2.22. The number of hydrogen-bond acceptors (Lipinski definition) is 13. The van der Waals surface area contributed by atoms with Gasteiger partial charge in [-0.15, -0.1) is 5.10 Å². The summed E-state index contributed by atoms with van der Waals surface area (Å²) in [5, 5.41) is 30.4. The van der Waals surface area contributed by atoms with E-state index in [0.717, 1.165) is 0 Å². The molecule has 20 heteroatoms. The van der Waals surface area contributed by atoms with Crippen molar-refractivity contribution in [2.24, 2.45) is 5.73 Å². The van der Waals surface area contributed by atoms with Gasteiger partial charge in [0.2, 0.25) is 35.4 Å². The second-order valence-electron chi connectivity index (χ2n) is 11.5. The molecule has 1 aromatic carbocycles. The van der Waals surface area contributed by atoms with Gasteiger partial charge in [0.15, 0.2) is 0 Å². The number of aromatic hydroxyl groups is 1. The second kappa shape index (κ2) is 25.7. The van der Waals surface area contributed by atoms with Crippen LogP contribution >= 0.6 is 0 Å². The van der Waals surface area contributed by atoms with Crippen LogP contribution in [0, 0.1) is 0 Å². The number of nitrogens with one attached hydrogen (secondary N) is 5. The predicted molar refractivity (Wildman–Crippen MR) is 187 cm³/mol. The molecule has 0 aliphatic carbocycles. The van der Waals surface area contributed by atoms with Crippen LogP contribution < -0.4 is 32.3 Å². The highest BCUT2D eigenvalue weighted by atomic mass is 16.6. The monoisotopic (exact) mass is 749 g/mol. The van der Waals surface area contributed by atoms with Crippen LogP contribution in [0.5, 0.6) is 5.75 Å². The number of nitrogens with two attached hydrogens (primary N) is 1. The fourth-order valence-corrected chi connectivity index (χ4v) is 4.47. The lowest BCUT2D eigenvalue weighted by Crippen LogP contribution is -2.55. The first-order valence-electron chi connectivity index (χ1n) is 17.1. The Morgan fingerprint density at radius 2 is 1.42 bits per heavy atom. The zero-order chi connectivity index (χ0) is 38.8. The molecule has 53 heavy (non-hydrogen) atoms. The normalized spacial score (nSPS) is 12.0. The Morgan fingerprint density at radius 3 is 2.04 bits per heavy atom. The topological polar surface area (TPSA) is 276 Å². The van der Waals surface area contributed by atoms with Gasteiger partial charge in [-0.25, -0.2) is 0 Å². The number of phenolic OH excluding ortho intramolecular Hbond substituents is 1. The average molecular weight is 750 g/mol. The quantitative estimate of drug-likeness (QED) is 0.0430. The van der Waals surface area contributed by atoms with E-state index in [1.165, 1.54) is 30.9 Å². The summed E-state index contributed by atoms with van der Waals surface area (Å²) < 4.78 is 22.7. The SMILES string of the molecule is CNC(=O)COCCOCCOCCOCCNC(=O)CCc1cn(CCC(=O)N[C@H](Cc2ccc(O)cc2)C(=O)N[C@@H](CC(N)=O)C(=O)NC)nn1. The zero-order valence-electron chi connectivity index (χ0n) is 30.1. The van der Waals surface area contributed by atoms with Gasteiger partial charge in [-0.1, -0.05) is 17.3 Å². The number of amides is 6. The number of phenols is 1. The highest BCUT2D eigenvalue weighted by Gasteiger charge is 2.28. The van der Waals surface area contributed by atoms with Crippen molar-refractivity contribution < 1.29 is 52.8 Å². The van der Waals surface area contributed by atoms with Gasteiger partial charge in [-0.3, -0.25) is 33.4 Å². The van der Waals surface area contributed by atoms with E-state index in [0.29, 0.717) is 70.5 Å². The lowest BCUT2D eigenvalue weighted by atomic mass is 10.0. The van der Waals surface area contributed by atoms with Crippen LogP contribution in [0.4, 0.5) is 0 Å². The highest BCUT2D eigenvalue weighted by molar-refractivity contribution is 5.94. The third kappa shape index (κ3) is 19.9. The van der Waals surface area contributed by atoms with Gasteiger partial charge in [-0.2, -0.15) is 0 Å². The Bertz CT molecular complexity index is 1440. The van der Waals surface area contributed by atoms with Gasteiger partial charge in [0.25, 0.3) is 0 Å². The standard InChI is InChI=1S/C33H51N9O11/c1-35-31(47)22-53-18-17-52-16-15-51-14-13-50-12-10-37-29(45)8-5-24-21-42(41-40-24)11-9-30(46)38-26(19-23-3-6-25(43)7-4-23)33(49)39-27(20-28(34)44)32(48)36-2/h3-4,6-7,21,26-27,43H,5,8-20,22H2,1-2H3,(H2,34,44)(H,35,47)(H,36,48)(H,37,45)(H,38,46)(H,39,49)/t26-,27+/m1/s1. The third-order valence-corrected chi connectivity index (χ3v) is 7.27. The number of aromatic nitrogens is 3. The van der Waals surface area contributed by atoms with Crippen LogP contribution in [-0.2, 0) is 67.1 Å². The molecule has 8 N–H and O–H groups in total. The number of likely N-dealkylation sites (N-methyl/N-ethyl adjacent to an activating group) is 2. The van der Waals surface area contributed by atoms with E-state index >= 15 is 0 Å². The molecule has 0 bridgehead atoms. The summed E-state index contributed by atoms with van der Waals surface area (Å²) in [6.45, 7) is 2.92. The van der Waals surface area contributed by atoms with Gasteiger partial charge in [0, 0.05) is 52.5 Å². The van der Waals surface area contributed by atoms with Crippen molar-refractivity contribution in [2.45, 2.75) is 50.7 Å². The Balaban J connectivity index is 1.67. The molecule has 0 fully saturated rings. The van der Waals surface area contributed by atoms with E-state index in [1.807, 2.05) is 0 Å². The number of hydrogen-bond donors (Lipinski definition) is 7. The number of carbonyl (C=O) groups is 6. The molecular formula is C33H51N9O11. The maximum Gasteiger partial charge on any atom is 0.245 e. The average Bonchev–Trinajstić information content (AvgIpc) is 3.60. The molecule has 20 nitrogen and oxygen atoms in total.